The Kier molecular flexibility index (Phi) is 6.50. The van der Waals surface area contributed by atoms with Crippen molar-refractivity contribution in [3.05, 3.63) is 48.0 Å². The van der Waals surface area contributed by atoms with E-state index in [-0.39, 0.29) is 6.03 Å². The number of hydrogen-bond donors (Lipinski definition) is 1. The lowest BCUT2D eigenvalue weighted by Crippen LogP contribution is -2.41. The van der Waals surface area contributed by atoms with Gasteiger partial charge < -0.3 is 19.7 Å². The molecule has 0 saturated carbocycles. The van der Waals surface area contributed by atoms with Gasteiger partial charge in [0.2, 0.25) is 0 Å². The molecule has 0 radical (unpaired) electrons. The number of rotatable bonds is 6. The first-order valence-corrected chi connectivity index (χ1v) is 9.81. The number of carbonyl (C=O) groups excluding carboxylic acids is 1. The van der Waals surface area contributed by atoms with Crippen molar-refractivity contribution in [2.24, 2.45) is 0 Å². The summed E-state index contributed by atoms with van der Waals surface area (Å²) in [5.41, 5.74) is 2.04. The van der Waals surface area contributed by atoms with Gasteiger partial charge in [0.25, 0.3) is 0 Å². The molecule has 1 fully saturated rings. The van der Waals surface area contributed by atoms with Gasteiger partial charge in [-0.3, -0.25) is 0 Å². The summed E-state index contributed by atoms with van der Waals surface area (Å²) in [6.07, 6.45) is 7.04. The predicted molar refractivity (Wildman–Crippen MR) is 109 cm³/mol. The highest BCUT2D eigenvalue weighted by atomic mass is 16.2. The summed E-state index contributed by atoms with van der Waals surface area (Å²) in [6, 6.07) is 7.91. The number of aryl methyl sites for hydroxylation is 2. The Morgan fingerprint density at radius 3 is 2.59 bits per heavy atom. The van der Waals surface area contributed by atoms with Crippen molar-refractivity contribution < 1.29 is 4.79 Å². The number of nitrogens with one attached hydrogen (secondary N) is 1. The van der Waals surface area contributed by atoms with Crippen LogP contribution in [0.4, 0.5) is 10.5 Å². The van der Waals surface area contributed by atoms with Gasteiger partial charge in [0.15, 0.2) is 0 Å². The Hall–Kier alpha value is -2.34. The average molecular weight is 370 g/mol. The van der Waals surface area contributed by atoms with Crippen molar-refractivity contribution in [1.82, 2.24) is 19.4 Å². The van der Waals surface area contributed by atoms with Gasteiger partial charge in [0.1, 0.15) is 5.82 Å². The van der Waals surface area contributed by atoms with Crippen LogP contribution in [0.25, 0.3) is 0 Å². The van der Waals surface area contributed by atoms with Crippen LogP contribution in [0.15, 0.2) is 36.7 Å². The first-order valence-electron chi connectivity index (χ1n) is 9.81. The standard InChI is InChI=1S/C21H31N5O/c1-17-5-7-19(8-6-17)23-21(27)26-14-9-18(10-15-26)20-22-11-16-25(20)13-4-12-24(2)3/h5-8,11,16,18H,4,9-10,12-15H2,1-3H3,(H,23,27). The minimum Gasteiger partial charge on any atom is -0.335 e. The van der Waals surface area contributed by atoms with Gasteiger partial charge in [-0.15, -0.1) is 0 Å². The molecule has 0 aliphatic carbocycles. The number of aromatic nitrogens is 2. The van der Waals surface area contributed by atoms with Crippen molar-refractivity contribution in [2.75, 3.05) is 39.0 Å². The third-order valence-electron chi connectivity index (χ3n) is 5.20. The molecule has 1 saturated heterocycles. The maximum Gasteiger partial charge on any atom is 0.321 e. The van der Waals surface area contributed by atoms with Gasteiger partial charge in [-0.25, -0.2) is 9.78 Å². The summed E-state index contributed by atoms with van der Waals surface area (Å²) in [5, 5.41) is 3.00. The molecule has 1 N–H and O–H groups in total. The number of hydrogen-bond acceptors (Lipinski definition) is 3. The second kappa shape index (κ2) is 9.04. The van der Waals surface area contributed by atoms with Crippen LogP contribution in [0.2, 0.25) is 0 Å². The Labute approximate surface area is 162 Å². The Morgan fingerprint density at radius 1 is 1.22 bits per heavy atom. The molecule has 0 atom stereocenters. The van der Waals surface area contributed by atoms with E-state index in [4.69, 9.17) is 0 Å². The van der Waals surface area contributed by atoms with Crippen molar-refractivity contribution in [3.8, 4) is 0 Å². The fourth-order valence-corrected chi connectivity index (χ4v) is 3.61. The highest BCUT2D eigenvalue weighted by Crippen LogP contribution is 2.27. The van der Waals surface area contributed by atoms with Crippen LogP contribution in [0.5, 0.6) is 0 Å². The van der Waals surface area contributed by atoms with Crippen LogP contribution >= 0.6 is 0 Å². The zero-order chi connectivity index (χ0) is 19.2. The summed E-state index contributed by atoms with van der Waals surface area (Å²) in [5.74, 6) is 1.61. The minimum absolute atomic E-state index is 0.00775. The lowest BCUT2D eigenvalue weighted by molar-refractivity contribution is 0.193. The van der Waals surface area contributed by atoms with Crippen molar-refractivity contribution in [3.63, 3.8) is 0 Å². The fourth-order valence-electron chi connectivity index (χ4n) is 3.61. The van der Waals surface area contributed by atoms with Crippen LogP contribution in [-0.2, 0) is 6.54 Å². The Balaban J connectivity index is 1.51. The van der Waals surface area contributed by atoms with E-state index in [0.29, 0.717) is 5.92 Å². The number of urea groups is 1. The molecule has 1 aromatic carbocycles. The maximum atomic E-state index is 12.5. The molecule has 146 valence electrons. The van der Waals surface area contributed by atoms with Crippen LogP contribution in [-0.4, -0.2) is 59.1 Å². The maximum absolute atomic E-state index is 12.5. The molecule has 0 unspecified atom stereocenters. The third kappa shape index (κ3) is 5.32. The molecular formula is C21H31N5O. The zero-order valence-corrected chi connectivity index (χ0v) is 16.7. The SMILES string of the molecule is Cc1ccc(NC(=O)N2CCC(c3nccn3CCCN(C)C)CC2)cc1. The van der Waals surface area contributed by atoms with E-state index >= 15 is 0 Å². The number of piperidine rings is 1. The molecule has 6 nitrogen and oxygen atoms in total. The summed E-state index contributed by atoms with van der Waals surface area (Å²) in [6.45, 7) is 5.66. The third-order valence-corrected chi connectivity index (χ3v) is 5.20. The van der Waals surface area contributed by atoms with E-state index in [0.717, 1.165) is 51.1 Å². The quantitative estimate of drug-likeness (QED) is 0.847. The number of carbonyl (C=O) groups is 1. The van der Waals surface area contributed by atoms with E-state index < -0.39 is 0 Å². The molecule has 0 spiro atoms. The summed E-state index contributed by atoms with van der Waals surface area (Å²) in [4.78, 5) is 21.2. The molecule has 2 aromatic rings. The number of anilines is 1. The van der Waals surface area contributed by atoms with Crippen LogP contribution in [0.1, 0.15) is 36.6 Å². The van der Waals surface area contributed by atoms with E-state index in [9.17, 15) is 4.79 Å². The van der Waals surface area contributed by atoms with Crippen LogP contribution in [0, 0.1) is 6.92 Å². The topological polar surface area (TPSA) is 53.4 Å². The number of imidazole rings is 1. The van der Waals surface area contributed by atoms with E-state index in [1.54, 1.807) is 0 Å². The van der Waals surface area contributed by atoms with E-state index in [2.05, 4.69) is 40.1 Å². The summed E-state index contributed by atoms with van der Waals surface area (Å²) >= 11 is 0. The summed E-state index contributed by atoms with van der Waals surface area (Å²) < 4.78 is 2.29. The van der Waals surface area contributed by atoms with Crippen molar-refractivity contribution in [1.29, 1.82) is 0 Å². The molecule has 27 heavy (non-hydrogen) atoms. The molecule has 2 heterocycles. The smallest absolute Gasteiger partial charge is 0.321 e. The lowest BCUT2D eigenvalue weighted by Gasteiger charge is -2.32. The molecule has 6 heteroatoms. The van der Waals surface area contributed by atoms with Gasteiger partial charge in [-0.1, -0.05) is 17.7 Å². The number of likely N-dealkylation sites (tertiary alicyclic amines) is 1. The molecule has 3 rings (SSSR count). The fraction of sp³-hybridized carbons (Fsp3) is 0.524. The molecular weight excluding hydrogens is 338 g/mol. The molecule has 1 aliphatic heterocycles. The largest absolute Gasteiger partial charge is 0.335 e. The first kappa shape index (κ1) is 19.4. The zero-order valence-electron chi connectivity index (χ0n) is 16.7. The van der Waals surface area contributed by atoms with Crippen LogP contribution in [0.3, 0.4) is 0 Å². The molecule has 1 aliphatic rings. The van der Waals surface area contributed by atoms with Crippen LogP contribution < -0.4 is 5.32 Å². The predicted octanol–water partition coefficient (Wildman–Crippen LogP) is 3.55. The van der Waals surface area contributed by atoms with Gasteiger partial charge in [-0.05, 0) is 59.0 Å². The van der Waals surface area contributed by atoms with Gasteiger partial charge in [-0.2, -0.15) is 0 Å². The average Bonchev–Trinajstić information content (AvgIpc) is 3.12. The number of amides is 2. The Morgan fingerprint density at radius 2 is 1.93 bits per heavy atom. The van der Waals surface area contributed by atoms with Crippen molar-refractivity contribution in [2.45, 2.75) is 38.6 Å². The van der Waals surface area contributed by atoms with E-state index in [1.807, 2.05) is 42.3 Å². The highest BCUT2D eigenvalue weighted by Gasteiger charge is 2.26. The normalized spacial score (nSPS) is 15.3. The monoisotopic (exact) mass is 369 g/mol. The Bertz CT molecular complexity index is 729. The molecule has 1 aromatic heterocycles. The van der Waals surface area contributed by atoms with Gasteiger partial charge >= 0.3 is 6.03 Å². The molecule has 0 bridgehead atoms. The first-order chi connectivity index (χ1) is 13.0. The highest BCUT2D eigenvalue weighted by molar-refractivity contribution is 5.89. The minimum atomic E-state index is -0.00775. The molecule has 2 amide bonds. The van der Waals surface area contributed by atoms with E-state index in [1.165, 1.54) is 11.4 Å². The van der Waals surface area contributed by atoms with Gasteiger partial charge in [0.05, 0.1) is 0 Å². The number of nitrogens with zero attached hydrogens (tertiary/aromatic N) is 4. The summed E-state index contributed by atoms with van der Waals surface area (Å²) in [7, 11) is 4.21. The second-order valence-electron chi connectivity index (χ2n) is 7.69. The lowest BCUT2D eigenvalue weighted by atomic mass is 9.96. The second-order valence-corrected chi connectivity index (χ2v) is 7.69. The number of benzene rings is 1. The van der Waals surface area contributed by atoms with Crippen molar-refractivity contribution >= 4 is 11.7 Å². The van der Waals surface area contributed by atoms with Gasteiger partial charge in [0, 0.05) is 43.6 Å².